The van der Waals surface area contributed by atoms with E-state index in [-0.39, 0.29) is 11.6 Å². The van der Waals surface area contributed by atoms with Crippen LogP contribution in [0.3, 0.4) is 0 Å². The summed E-state index contributed by atoms with van der Waals surface area (Å²) in [4.78, 5) is 24.4. The van der Waals surface area contributed by atoms with Crippen molar-refractivity contribution < 1.29 is 23.8 Å². The lowest BCUT2D eigenvalue weighted by Gasteiger charge is -2.13. The molecule has 1 N–H and O–H groups in total. The fourth-order valence-electron chi connectivity index (χ4n) is 2.54. The Bertz CT molecular complexity index is 829. The van der Waals surface area contributed by atoms with Crippen LogP contribution in [0.1, 0.15) is 50.5 Å². The van der Waals surface area contributed by atoms with Crippen LogP contribution in [0.15, 0.2) is 30.5 Å². The zero-order chi connectivity index (χ0) is 21.4. The first kappa shape index (κ1) is 22.3. The second kappa shape index (κ2) is 10.5. The van der Waals surface area contributed by atoms with E-state index in [0.717, 1.165) is 6.42 Å². The maximum absolute atomic E-state index is 12.3. The van der Waals surface area contributed by atoms with Gasteiger partial charge in [0.2, 0.25) is 0 Å². The number of hydrogen-bond acceptors (Lipinski definition) is 6. The molecule has 0 unspecified atom stereocenters. The summed E-state index contributed by atoms with van der Waals surface area (Å²) in [7, 11) is 1.51. The van der Waals surface area contributed by atoms with Crippen LogP contribution in [-0.4, -0.2) is 42.0 Å². The van der Waals surface area contributed by atoms with Gasteiger partial charge in [0.05, 0.1) is 25.5 Å². The molecule has 8 nitrogen and oxygen atoms in total. The molecule has 0 aliphatic carbocycles. The normalized spacial score (nSPS) is 10.9. The van der Waals surface area contributed by atoms with Gasteiger partial charge in [0.1, 0.15) is 5.82 Å². The number of esters is 1. The van der Waals surface area contributed by atoms with Crippen LogP contribution in [0.4, 0.5) is 5.82 Å². The molecular weight excluding hydrogens is 374 g/mol. The highest BCUT2D eigenvalue weighted by Crippen LogP contribution is 2.28. The summed E-state index contributed by atoms with van der Waals surface area (Å²) in [6, 6.07) is 6.57. The average Bonchev–Trinajstić information content (AvgIpc) is 3.14. The van der Waals surface area contributed by atoms with Crippen molar-refractivity contribution in [1.82, 2.24) is 9.78 Å². The molecule has 0 atom stereocenters. The van der Waals surface area contributed by atoms with E-state index in [9.17, 15) is 9.59 Å². The number of carbonyl (C=O) groups excluding carboxylic acids is 2. The van der Waals surface area contributed by atoms with E-state index in [4.69, 9.17) is 14.2 Å². The van der Waals surface area contributed by atoms with Crippen LogP contribution in [0.25, 0.3) is 0 Å². The second-order valence-electron chi connectivity index (χ2n) is 7.28. The highest BCUT2D eigenvalue weighted by Gasteiger charge is 2.15. The molecule has 158 valence electrons. The Labute approximate surface area is 171 Å². The Morgan fingerprint density at radius 2 is 1.90 bits per heavy atom. The number of nitrogens with zero attached hydrogens (tertiary/aromatic N) is 2. The van der Waals surface area contributed by atoms with E-state index in [0.29, 0.717) is 29.8 Å². The predicted molar refractivity (Wildman–Crippen MR) is 109 cm³/mol. The van der Waals surface area contributed by atoms with Crippen molar-refractivity contribution in [3.63, 3.8) is 0 Å². The smallest absolute Gasteiger partial charge is 0.338 e. The molecule has 2 aromatic rings. The van der Waals surface area contributed by atoms with Crippen LogP contribution in [0, 0.1) is 5.92 Å². The molecule has 0 bridgehead atoms. The number of benzene rings is 1. The van der Waals surface area contributed by atoms with E-state index in [2.05, 4.69) is 24.3 Å². The zero-order valence-electron chi connectivity index (χ0n) is 17.6. The number of anilines is 1. The number of aromatic nitrogens is 2. The first-order chi connectivity index (χ1) is 13.8. The molecule has 1 amide bonds. The number of hydrogen-bond donors (Lipinski definition) is 1. The number of ether oxygens (including phenoxy) is 3. The van der Waals surface area contributed by atoms with Gasteiger partial charge in [0, 0.05) is 12.1 Å². The maximum Gasteiger partial charge on any atom is 0.338 e. The minimum atomic E-state index is -0.621. The van der Waals surface area contributed by atoms with E-state index in [1.54, 1.807) is 35.1 Å². The van der Waals surface area contributed by atoms with Crippen molar-refractivity contribution in [1.29, 1.82) is 0 Å². The van der Waals surface area contributed by atoms with E-state index in [1.165, 1.54) is 7.11 Å². The van der Waals surface area contributed by atoms with Gasteiger partial charge in [-0.3, -0.25) is 4.79 Å². The molecule has 2 rings (SSSR count). The number of amides is 1. The SMILES string of the molecule is COc1cc(C(=O)OCC(=O)Nc2ccnn2C(C)C)ccc1OCCC(C)C. The van der Waals surface area contributed by atoms with Gasteiger partial charge in [-0.2, -0.15) is 5.10 Å². The Balaban J connectivity index is 1.92. The van der Waals surface area contributed by atoms with Gasteiger partial charge in [-0.15, -0.1) is 0 Å². The summed E-state index contributed by atoms with van der Waals surface area (Å²) < 4.78 is 17.8. The predicted octanol–water partition coefficient (Wildman–Crippen LogP) is 3.69. The van der Waals surface area contributed by atoms with E-state index >= 15 is 0 Å². The fourth-order valence-corrected chi connectivity index (χ4v) is 2.54. The van der Waals surface area contributed by atoms with Crippen molar-refractivity contribution in [3.05, 3.63) is 36.0 Å². The van der Waals surface area contributed by atoms with Crippen LogP contribution in [0.5, 0.6) is 11.5 Å². The van der Waals surface area contributed by atoms with Crippen molar-refractivity contribution in [2.24, 2.45) is 5.92 Å². The van der Waals surface area contributed by atoms with Gasteiger partial charge in [-0.1, -0.05) is 13.8 Å². The zero-order valence-corrected chi connectivity index (χ0v) is 17.6. The van der Waals surface area contributed by atoms with Gasteiger partial charge in [0.15, 0.2) is 18.1 Å². The third kappa shape index (κ3) is 6.51. The lowest BCUT2D eigenvalue weighted by molar-refractivity contribution is -0.119. The monoisotopic (exact) mass is 403 g/mol. The quantitative estimate of drug-likeness (QED) is 0.608. The lowest BCUT2D eigenvalue weighted by Crippen LogP contribution is -2.23. The van der Waals surface area contributed by atoms with Crippen molar-refractivity contribution in [2.75, 3.05) is 25.6 Å². The lowest BCUT2D eigenvalue weighted by atomic mass is 10.1. The van der Waals surface area contributed by atoms with Crippen molar-refractivity contribution in [3.8, 4) is 11.5 Å². The number of carbonyl (C=O) groups is 2. The van der Waals surface area contributed by atoms with Gasteiger partial charge < -0.3 is 19.5 Å². The summed E-state index contributed by atoms with van der Waals surface area (Å²) in [5, 5.41) is 6.82. The number of methoxy groups -OCH3 is 1. The summed E-state index contributed by atoms with van der Waals surface area (Å²) in [5.41, 5.74) is 0.276. The highest BCUT2D eigenvalue weighted by atomic mass is 16.5. The first-order valence-corrected chi connectivity index (χ1v) is 9.63. The van der Waals surface area contributed by atoms with Crippen molar-refractivity contribution in [2.45, 2.75) is 40.2 Å². The molecule has 0 radical (unpaired) electrons. The van der Waals surface area contributed by atoms with Crippen LogP contribution in [-0.2, 0) is 9.53 Å². The molecule has 29 heavy (non-hydrogen) atoms. The molecule has 0 saturated heterocycles. The summed E-state index contributed by atoms with van der Waals surface area (Å²) >= 11 is 0. The van der Waals surface area contributed by atoms with Crippen molar-refractivity contribution >= 4 is 17.7 Å². The molecule has 8 heteroatoms. The van der Waals surface area contributed by atoms with Crippen LogP contribution >= 0.6 is 0 Å². The molecule has 1 aromatic heterocycles. The number of rotatable bonds is 10. The standard InChI is InChI=1S/C21H29N3O5/c1-14(2)9-11-28-17-7-6-16(12-18(17)27-5)21(26)29-13-20(25)23-19-8-10-22-24(19)15(3)4/h6-8,10,12,14-15H,9,11,13H2,1-5H3,(H,23,25). The van der Waals surface area contributed by atoms with Crippen LogP contribution in [0.2, 0.25) is 0 Å². The fraction of sp³-hybridized carbons (Fsp3) is 0.476. The second-order valence-corrected chi connectivity index (χ2v) is 7.28. The highest BCUT2D eigenvalue weighted by molar-refractivity contribution is 5.95. The van der Waals surface area contributed by atoms with E-state index < -0.39 is 18.5 Å². The minimum Gasteiger partial charge on any atom is -0.493 e. The Hall–Kier alpha value is -3.03. The average molecular weight is 403 g/mol. The largest absolute Gasteiger partial charge is 0.493 e. The molecule has 1 aromatic carbocycles. The third-order valence-corrected chi connectivity index (χ3v) is 4.11. The van der Waals surface area contributed by atoms with Gasteiger partial charge >= 0.3 is 5.97 Å². The molecule has 0 saturated carbocycles. The number of nitrogens with one attached hydrogen (secondary N) is 1. The van der Waals surface area contributed by atoms with Gasteiger partial charge in [0.25, 0.3) is 5.91 Å². The van der Waals surface area contributed by atoms with Gasteiger partial charge in [-0.05, 0) is 44.4 Å². The summed E-state index contributed by atoms with van der Waals surface area (Å²) in [6.45, 7) is 8.29. The molecule has 0 spiro atoms. The molecule has 1 heterocycles. The topological polar surface area (TPSA) is 91.7 Å². The molecule has 0 aliphatic heterocycles. The molecular formula is C21H29N3O5. The van der Waals surface area contributed by atoms with Gasteiger partial charge in [-0.25, -0.2) is 9.48 Å². The van der Waals surface area contributed by atoms with E-state index in [1.807, 2.05) is 13.8 Å². The summed E-state index contributed by atoms with van der Waals surface area (Å²) in [6.07, 6.45) is 2.51. The minimum absolute atomic E-state index is 0.0941. The molecule has 0 aliphatic rings. The Morgan fingerprint density at radius 1 is 1.14 bits per heavy atom. The molecule has 0 fully saturated rings. The Morgan fingerprint density at radius 3 is 2.55 bits per heavy atom. The summed E-state index contributed by atoms with van der Waals surface area (Å²) in [5.74, 6) is 1.01. The first-order valence-electron chi connectivity index (χ1n) is 9.63. The third-order valence-electron chi connectivity index (χ3n) is 4.11. The Kier molecular flexibility index (Phi) is 8.06. The van der Waals surface area contributed by atoms with Crippen LogP contribution < -0.4 is 14.8 Å². The maximum atomic E-state index is 12.3.